The second-order valence-electron chi connectivity index (χ2n) is 14.0. The fourth-order valence-electron chi connectivity index (χ4n) is 9.01. The summed E-state index contributed by atoms with van der Waals surface area (Å²) in [6, 6.07) is 62.7. The molecule has 0 saturated heterocycles. The minimum absolute atomic E-state index is 0.911. The van der Waals surface area contributed by atoms with Crippen molar-refractivity contribution in [3.8, 4) is 22.3 Å². The van der Waals surface area contributed by atoms with Gasteiger partial charge in [0.2, 0.25) is 0 Å². The van der Waals surface area contributed by atoms with Crippen molar-refractivity contribution in [1.82, 2.24) is 0 Å². The average molecular weight is 645 g/mol. The summed E-state index contributed by atoms with van der Waals surface area (Å²) >= 11 is 0. The van der Waals surface area contributed by atoms with Crippen LogP contribution >= 0.6 is 0 Å². The molecule has 51 heavy (non-hydrogen) atoms. The summed E-state index contributed by atoms with van der Waals surface area (Å²) in [6.07, 6.45) is 0. The van der Waals surface area contributed by atoms with Crippen molar-refractivity contribution in [2.45, 2.75) is 0 Å². The minimum atomic E-state index is 0.911. The lowest BCUT2D eigenvalue weighted by atomic mass is 9.87. The molecule has 0 radical (unpaired) electrons. The molecule has 1 aromatic heterocycles. The third kappa shape index (κ3) is 3.75. The highest BCUT2D eigenvalue weighted by atomic mass is 16.3. The van der Waals surface area contributed by atoms with E-state index in [2.05, 4.69) is 170 Å². The van der Waals surface area contributed by atoms with Gasteiger partial charge in [0, 0.05) is 16.3 Å². The van der Waals surface area contributed by atoms with Crippen LogP contribution in [0.3, 0.4) is 0 Å². The van der Waals surface area contributed by atoms with Gasteiger partial charge in [0.05, 0.1) is 0 Å². The molecule has 1 heteroatoms. The average Bonchev–Trinajstić information content (AvgIpc) is 3.55. The topological polar surface area (TPSA) is 13.1 Å². The smallest absolute Gasteiger partial charge is 0.143 e. The van der Waals surface area contributed by atoms with Crippen LogP contribution in [0.25, 0.3) is 120 Å². The standard InChI is InChI=1S/C50H28O/c1-2-10-34-28-46-43(24-33(34)9-1)45-27-36(37-22-20-32-18-17-30-11-7-12-31-21-23-41(37)49(32)47(30)31)26-44(50(45)51-46)42-25-35-19-16-29-8-3-4-13-38(29)48(35)40-15-6-5-14-39(40)42/h1-28H. The van der Waals surface area contributed by atoms with Crippen molar-refractivity contribution < 1.29 is 4.42 Å². The Bertz CT molecular complexity index is 3400. The summed E-state index contributed by atoms with van der Waals surface area (Å²) in [7, 11) is 0. The zero-order chi connectivity index (χ0) is 33.2. The van der Waals surface area contributed by atoms with Crippen molar-refractivity contribution in [3.05, 3.63) is 170 Å². The quantitative estimate of drug-likeness (QED) is 0.171. The Morgan fingerprint density at radius 1 is 0.275 bits per heavy atom. The van der Waals surface area contributed by atoms with Gasteiger partial charge in [-0.1, -0.05) is 140 Å². The van der Waals surface area contributed by atoms with E-state index in [0.29, 0.717) is 0 Å². The summed E-state index contributed by atoms with van der Waals surface area (Å²) in [6.45, 7) is 0. The minimum Gasteiger partial charge on any atom is -0.455 e. The molecule has 0 aliphatic heterocycles. The van der Waals surface area contributed by atoms with Crippen LogP contribution in [0.2, 0.25) is 0 Å². The molecule has 0 bridgehead atoms. The third-order valence-corrected chi connectivity index (χ3v) is 11.3. The molecule has 0 saturated carbocycles. The van der Waals surface area contributed by atoms with E-state index in [9.17, 15) is 0 Å². The summed E-state index contributed by atoms with van der Waals surface area (Å²) < 4.78 is 6.95. The normalized spacial score (nSPS) is 12.3. The lowest BCUT2D eigenvalue weighted by Gasteiger charge is -2.16. The Hall–Kier alpha value is -6.70. The molecule has 0 spiro atoms. The molecule has 0 aliphatic rings. The summed E-state index contributed by atoms with van der Waals surface area (Å²) in [5.74, 6) is 0. The van der Waals surface area contributed by atoms with Crippen LogP contribution in [0.4, 0.5) is 0 Å². The van der Waals surface area contributed by atoms with Gasteiger partial charge in [-0.3, -0.25) is 0 Å². The molecule has 0 atom stereocenters. The number of rotatable bonds is 2. The van der Waals surface area contributed by atoms with E-state index in [-0.39, 0.29) is 0 Å². The van der Waals surface area contributed by atoms with Gasteiger partial charge >= 0.3 is 0 Å². The first-order chi connectivity index (χ1) is 25.3. The fourth-order valence-corrected chi connectivity index (χ4v) is 9.01. The SMILES string of the molecule is c1ccc2cc3c(cc2c1)oc1c(-c2cc4ccc5ccccc5c4c4ccccc24)cc(-c2ccc4ccc5cccc6ccc2c4c56)cc13. The first kappa shape index (κ1) is 27.2. The maximum Gasteiger partial charge on any atom is 0.143 e. The summed E-state index contributed by atoms with van der Waals surface area (Å²) in [5, 5.41) is 20.0. The van der Waals surface area contributed by atoms with Gasteiger partial charge in [0.25, 0.3) is 0 Å². The molecule has 1 heterocycles. The van der Waals surface area contributed by atoms with Crippen molar-refractivity contribution in [3.63, 3.8) is 0 Å². The Morgan fingerprint density at radius 2 is 0.902 bits per heavy atom. The van der Waals surface area contributed by atoms with Gasteiger partial charge in [0.1, 0.15) is 11.2 Å². The highest BCUT2D eigenvalue weighted by Gasteiger charge is 2.21. The summed E-state index contributed by atoms with van der Waals surface area (Å²) in [5.41, 5.74) is 6.55. The van der Waals surface area contributed by atoms with E-state index in [0.717, 1.165) is 27.5 Å². The molecule has 0 unspecified atom stereocenters. The first-order valence-corrected chi connectivity index (χ1v) is 17.7. The van der Waals surface area contributed by atoms with Crippen molar-refractivity contribution in [2.24, 2.45) is 0 Å². The van der Waals surface area contributed by atoms with Crippen LogP contribution in [-0.4, -0.2) is 0 Å². The van der Waals surface area contributed by atoms with E-state index >= 15 is 0 Å². The molecule has 0 amide bonds. The van der Waals surface area contributed by atoms with E-state index in [1.807, 2.05) is 0 Å². The van der Waals surface area contributed by atoms with Crippen molar-refractivity contribution in [2.75, 3.05) is 0 Å². The number of furan rings is 1. The van der Waals surface area contributed by atoms with E-state index in [1.165, 1.54) is 92.1 Å². The second kappa shape index (κ2) is 9.94. The maximum atomic E-state index is 6.95. The van der Waals surface area contributed by atoms with Crippen LogP contribution < -0.4 is 0 Å². The van der Waals surface area contributed by atoms with Gasteiger partial charge in [-0.25, -0.2) is 0 Å². The van der Waals surface area contributed by atoms with Crippen LogP contribution in [0.15, 0.2) is 174 Å². The molecule has 0 aliphatic carbocycles. The third-order valence-electron chi connectivity index (χ3n) is 11.3. The van der Waals surface area contributed by atoms with E-state index in [4.69, 9.17) is 4.42 Å². The molecule has 12 aromatic rings. The Morgan fingerprint density at radius 3 is 1.75 bits per heavy atom. The molecule has 11 aromatic carbocycles. The fraction of sp³-hybridized carbons (Fsp3) is 0. The number of hydrogen-bond acceptors (Lipinski definition) is 1. The number of fused-ring (bicyclic) bond motifs is 9. The highest BCUT2D eigenvalue weighted by Crippen LogP contribution is 2.47. The predicted molar refractivity (Wildman–Crippen MR) is 218 cm³/mol. The van der Waals surface area contributed by atoms with Gasteiger partial charge < -0.3 is 4.42 Å². The Kier molecular flexibility index (Phi) is 5.29. The van der Waals surface area contributed by atoms with Crippen LogP contribution in [-0.2, 0) is 0 Å². The molecule has 1 nitrogen and oxygen atoms in total. The van der Waals surface area contributed by atoms with Crippen molar-refractivity contribution >= 4 is 97.3 Å². The zero-order valence-corrected chi connectivity index (χ0v) is 27.6. The van der Waals surface area contributed by atoms with Gasteiger partial charge in [-0.15, -0.1) is 0 Å². The maximum absolute atomic E-state index is 6.95. The van der Waals surface area contributed by atoms with Gasteiger partial charge in [-0.05, 0) is 122 Å². The van der Waals surface area contributed by atoms with Gasteiger partial charge in [-0.2, -0.15) is 0 Å². The van der Waals surface area contributed by atoms with Crippen molar-refractivity contribution in [1.29, 1.82) is 0 Å². The van der Waals surface area contributed by atoms with E-state index in [1.54, 1.807) is 0 Å². The molecule has 12 rings (SSSR count). The molecule has 0 fully saturated rings. The second-order valence-corrected chi connectivity index (χ2v) is 14.0. The lowest BCUT2D eigenvalue weighted by Crippen LogP contribution is -1.90. The molecule has 0 N–H and O–H groups in total. The van der Waals surface area contributed by atoms with Crippen LogP contribution in [0.1, 0.15) is 0 Å². The highest BCUT2D eigenvalue weighted by molar-refractivity contribution is 6.27. The van der Waals surface area contributed by atoms with E-state index < -0.39 is 0 Å². The first-order valence-electron chi connectivity index (χ1n) is 17.7. The summed E-state index contributed by atoms with van der Waals surface area (Å²) in [4.78, 5) is 0. The lowest BCUT2D eigenvalue weighted by molar-refractivity contribution is 0.670. The monoisotopic (exact) mass is 644 g/mol. The van der Waals surface area contributed by atoms with Crippen LogP contribution in [0, 0.1) is 0 Å². The predicted octanol–water partition coefficient (Wildman–Crippen LogP) is 14.4. The Labute approximate surface area is 292 Å². The van der Waals surface area contributed by atoms with Crippen LogP contribution in [0.5, 0.6) is 0 Å². The largest absolute Gasteiger partial charge is 0.455 e. The molecular weight excluding hydrogens is 617 g/mol. The number of benzene rings is 11. The zero-order valence-electron chi connectivity index (χ0n) is 27.6. The Balaban J connectivity index is 1.24. The molecular formula is C50H28O. The molecule has 234 valence electrons. The van der Waals surface area contributed by atoms with Gasteiger partial charge in [0.15, 0.2) is 0 Å². The number of hydrogen-bond donors (Lipinski definition) is 0.